The van der Waals surface area contributed by atoms with Crippen LogP contribution in [-0.4, -0.2) is 25.0 Å². The van der Waals surface area contributed by atoms with Crippen molar-refractivity contribution in [3.63, 3.8) is 0 Å². The second kappa shape index (κ2) is 3.68. The Kier molecular flexibility index (Phi) is 2.24. The molecular weight excluding hydrogens is 254 g/mol. The van der Waals surface area contributed by atoms with Crippen LogP contribution in [0.5, 0.6) is 11.8 Å². The number of aromatic hydroxyl groups is 2. The third-order valence-corrected chi connectivity index (χ3v) is 2.98. The number of fused-ring (bicyclic) bond motifs is 1. The molecule has 6 heteroatoms. The molecule has 18 heavy (non-hydrogen) atoms. The van der Waals surface area contributed by atoms with E-state index in [2.05, 4.69) is 10.1 Å². The van der Waals surface area contributed by atoms with E-state index in [-0.39, 0.29) is 11.8 Å². The molecule has 0 aliphatic heterocycles. The molecule has 0 spiro atoms. The van der Waals surface area contributed by atoms with E-state index in [1.807, 2.05) is 19.1 Å². The summed E-state index contributed by atoms with van der Waals surface area (Å²) in [4.78, 5) is 2.45. The summed E-state index contributed by atoms with van der Waals surface area (Å²) in [7, 11) is 0. The summed E-state index contributed by atoms with van der Waals surface area (Å²) >= 11 is 6.00. The maximum atomic E-state index is 9.75. The number of aromatic amines is 1. The monoisotopic (exact) mass is 263 g/mol. The van der Waals surface area contributed by atoms with Gasteiger partial charge in [0.15, 0.2) is 0 Å². The molecule has 0 aliphatic carbocycles. The maximum absolute atomic E-state index is 9.75. The summed E-state index contributed by atoms with van der Waals surface area (Å²) in [5.74, 6) is -0.231. The number of nitrogens with zero attached hydrogens (tertiary/aromatic N) is 2. The van der Waals surface area contributed by atoms with Gasteiger partial charge in [-0.1, -0.05) is 11.6 Å². The Morgan fingerprint density at radius 2 is 2.00 bits per heavy atom. The van der Waals surface area contributed by atoms with Gasteiger partial charge in [-0.15, -0.1) is 0 Å². The van der Waals surface area contributed by atoms with Crippen molar-refractivity contribution in [2.45, 2.75) is 6.92 Å². The highest BCUT2D eigenvalue weighted by Gasteiger charge is 2.16. The number of halogens is 1. The van der Waals surface area contributed by atoms with Gasteiger partial charge in [0.2, 0.25) is 11.8 Å². The lowest BCUT2D eigenvalue weighted by molar-refractivity contribution is 0.427. The van der Waals surface area contributed by atoms with Gasteiger partial charge in [-0.05, 0) is 30.7 Å². The number of H-pyrrole nitrogens is 1. The average Bonchev–Trinajstić information content (AvgIpc) is 2.81. The minimum atomic E-state index is -0.127. The van der Waals surface area contributed by atoms with Crippen LogP contribution in [-0.2, 0) is 0 Å². The van der Waals surface area contributed by atoms with Gasteiger partial charge in [-0.3, -0.25) is 4.98 Å². The number of aromatic nitrogens is 3. The molecule has 5 nitrogen and oxygen atoms in total. The van der Waals surface area contributed by atoms with Crippen LogP contribution < -0.4 is 0 Å². The van der Waals surface area contributed by atoms with Crippen LogP contribution in [0.3, 0.4) is 0 Å². The number of aryl methyl sites for hydroxylation is 1. The standard InChI is InChI=1S/C12H10ClN3O2/c1-6-2-7(13)4-8(3-6)16-10-9(5-14-16)11(17)15-12(10)18/h2-5,15,17-18H,1H3. The van der Waals surface area contributed by atoms with Gasteiger partial charge in [0.1, 0.15) is 5.52 Å². The minimum Gasteiger partial charge on any atom is -0.494 e. The molecular formula is C12H10ClN3O2. The summed E-state index contributed by atoms with van der Waals surface area (Å²) in [6.45, 7) is 1.92. The van der Waals surface area contributed by atoms with Gasteiger partial charge in [0.25, 0.3) is 0 Å². The van der Waals surface area contributed by atoms with Crippen LogP contribution in [0, 0.1) is 6.92 Å². The number of hydrogen-bond donors (Lipinski definition) is 3. The molecule has 0 radical (unpaired) electrons. The topological polar surface area (TPSA) is 74.1 Å². The molecule has 2 aromatic heterocycles. The van der Waals surface area contributed by atoms with Crippen LogP contribution in [0.4, 0.5) is 0 Å². The van der Waals surface area contributed by atoms with E-state index >= 15 is 0 Å². The van der Waals surface area contributed by atoms with E-state index in [9.17, 15) is 10.2 Å². The molecule has 2 heterocycles. The van der Waals surface area contributed by atoms with Crippen LogP contribution in [0.15, 0.2) is 24.4 Å². The molecule has 0 saturated heterocycles. The van der Waals surface area contributed by atoms with Crippen LogP contribution >= 0.6 is 11.6 Å². The fraction of sp³-hybridized carbons (Fsp3) is 0.0833. The molecule has 0 aliphatic rings. The van der Waals surface area contributed by atoms with Crippen molar-refractivity contribution in [2.75, 3.05) is 0 Å². The third-order valence-electron chi connectivity index (χ3n) is 2.76. The van der Waals surface area contributed by atoms with E-state index in [0.29, 0.717) is 15.9 Å². The number of rotatable bonds is 1. The Morgan fingerprint density at radius 3 is 2.72 bits per heavy atom. The molecule has 0 fully saturated rings. The Morgan fingerprint density at radius 1 is 1.22 bits per heavy atom. The van der Waals surface area contributed by atoms with Crippen molar-refractivity contribution in [3.05, 3.63) is 35.0 Å². The van der Waals surface area contributed by atoms with E-state index < -0.39 is 0 Å². The average molecular weight is 264 g/mol. The van der Waals surface area contributed by atoms with Crippen LogP contribution in [0.2, 0.25) is 5.02 Å². The van der Waals surface area contributed by atoms with Gasteiger partial charge in [-0.2, -0.15) is 5.10 Å². The largest absolute Gasteiger partial charge is 0.494 e. The van der Waals surface area contributed by atoms with Gasteiger partial charge in [-0.25, -0.2) is 4.68 Å². The maximum Gasteiger partial charge on any atom is 0.218 e. The van der Waals surface area contributed by atoms with E-state index in [1.165, 1.54) is 10.9 Å². The summed E-state index contributed by atoms with van der Waals surface area (Å²) in [5, 5.41) is 24.5. The predicted octanol–water partition coefficient (Wildman–Crippen LogP) is 2.73. The first-order valence-corrected chi connectivity index (χ1v) is 5.69. The summed E-state index contributed by atoms with van der Waals surface area (Å²) < 4.78 is 1.53. The van der Waals surface area contributed by atoms with Crippen molar-refractivity contribution >= 4 is 22.5 Å². The van der Waals surface area contributed by atoms with Gasteiger partial charge < -0.3 is 10.2 Å². The van der Waals surface area contributed by atoms with Gasteiger partial charge in [0.05, 0.1) is 17.3 Å². The smallest absolute Gasteiger partial charge is 0.218 e. The summed E-state index contributed by atoms with van der Waals surface area (Å²) in [6, 6.07) is 5.46. The summed E-state index contributed by atoms with van der Waals surface area (Å²) in [6.07, 6.45) is 1.48. The highest BCUT2D eigenvalue weighted by Crippen LogP contribution is 2.33. The molecule has 3 aromatic rings. The van der Waals surface area contributed by atoms with Crippen LogP contribution in [0.25, 0.3) is 16.6 Å². The minimum absolute atomic E-state index is 0.104. The number of hydrogen-bond acceptors (Lipinski definition) is 3. The zero-order valence-electron chi connectivity index (χ0n) is 9.48. The lowest BCUT2D eigenvalue weighted by Crippen LogP contribution is -1.96. The molecule has 92 valence electrons. The third kappa shape index (κ3) is 1.52. The van der Waals surface area contributed by atoms with E-state index in [0.717, 1.165) is 11.3 Å². The number of benzene rings is 1. The zero-order valence-corrected chi connectivity index (χ0v) is 10.2. The van der Waals surface area contributed by atoms with Crippen molar-refractivity contribution < 1.29 is 10.2 Å². The molecule has 0 atom stereocenters. The molecule has 1 aromatic carbocycles. The Bertz CT molecular complexity index is 725. The quantitative estimate of drug-likeness (QED) is 0.632. The Balaban J connectivity index is 2.31. The number of nitrogens with one attached hydrogen (secondary N) is 1. The van der Waals surface area contributed by atoms with Crippen molar-refractivity contribution in [1.29, 1.82) is 0 Å². The van der Waals surface area contributed by atoms with Gasteiger partial charge >= 0.3 is 0 Å². The predicted molar refractivity (Wildman–Crippen MR) is 68.5 cm³/mol. The van der Waals surface area contributed by atoms with Crippen LogP contribution in [0.1, 0.15) is 5.56 Å². The lowest BCUT2D eigenvalue weighted by atomic mass is 10.2. The first-order chi connectivity index (χ1) is 8.56. The van der Waals surface area contributed by atoms with E-state index in [4.69, 9.17) is 11.6 Å². The van der Waals surface area contributed by atoms with Crippen molar-refractivity contribution in [1.82, 2.24) is 14.8 Å². The first-order valence-electron chi connectivity index (χ1n) is 5.31. The normalized spacial score (nSPS) is 11.2. The molecule has 0 saturated carbocycles. The SMILES string of the molecule is Cc1cc(Cl)cc(-n2ncc3c(O)[nH]c(O)c32)c1. The molecule has 0 unspecified atom stereocenters. The van der Waals surface area contributed by atoms with Crippen molar-refractivity contribution in [2.24, 2.45) is 0 Å². The molecule has 0 amide bonds. The molecule has 3 N–H and O–H groups in total. The first kappa shape index (κ1) is 11.0. The molecule has 3 rings (SSSR count). The Labute approximate surface area is 107 Å². The molecule has 0 bridgehead atoms. The second-order valence-corrected chi connectivity index (χ2v) is 4.56. The highest BCUT2D eigenvalue weighted by atomic mass is 35.5. The second-order valence-electron chi connectivity index (χ2n) is 4.13. The van der Waals surface area contributed by atoms with E-state index in [1.54, 1.807) is 6.07 Å². The Hall–Kier alpha value is -2.14. The zero-order chi connectivity index (χ0) is 12.9. The van der Waals surface area contributed by atoms with Crippen molar-refractivity contribution in [3.8, 4) is 17.4 Å². The fourth-order valence-electron chi connectivity index (χ4n) is 2.02. The lowest BCUT2D eigenvalue weighted by Gasteiger charge is -2.05. The van der Waals surface area contributed by atoms with Gasteiger partial charge in [0, 0.05) is 5.02 Å². The fourth-order valence-corrected chi connectivity index (χ4v) is 2.31. The highest BCUT2D eigenvalue weighted by molar-refractivity contribution is 6.30. The summed E-state index contributed by atoms with van der Waals surface area (Å²) in [5.41, 5.74) is 2.14.